The molecule has 2 saturated heterocycles. The summed E-state index contributed by atoms with van der Waals surface area (Å²) in [4.78, 5) is 35.2. The van der Waals surface area contributed by atoms with Gasteiger partial charge in [-0.1, -0.05) is 38.0 Å². The number of amides is 1. The molecule has 4 aromatic rings. The highest BCUT2D eigenvalue weighted by atomic mass is 28.3. The zero-order valence-electron chi connectivity index (χ0n) is 36.1. The van der Waals surface area contributed by atoms with Crippen LogP contribution in [0, 0.1) is 29.4 Å². The molecule has 14 heteroatoms. The van der Waals surface area contributed by atoms with Gasteiger partial charge in [-0.2, -0.15) is 9.97 Å². The smallest absolute Gasteiger partial charge is 0.410 e. The first kappa shape index (κ1) is 42.1. The van der Waals surface area contributed by atoms with Gasteiger partial charge in [0, 0.05) is 57.2 Å². The van der Waals surface area contributed by atoms with E-state index in [2.05, 4.69) is 35.7 Å². The van der Waals surface area contributed by atoms with E-state index in [1.54, 1.807) is 18.2 Å². The lowest BCUT2D eigenvalue weighted by Gasteiger charge is -2.46. The molecule has 8 rings (SSSR count). The third-order valence-electron chi connectivity index (χ3n) is 12.8. The monoisotopic (exact) mass is 840 g/mol. The Hall–Kier alpha value is -4.58. The summed E-state index contributed by atoms with van der Waals surface area (Å²) in [6, 6.07) is 8.63. The van der Waals surface area contributed by atoms with E-state index in [4.69, 9.17) is 40.3 Å². The molecule has 60 heavy (non-hydrogen) atoms. The molecule has 0 bridgehead atoms. The topological polar surface area (TPSA) is 102 Å². The second-order valence-electron chi connectivity index (χ2n) is 19.1. The van der Waals surface area contributed by atoms with E-state index >= 15 is 8.78 Å². The lowest BCUT2D eigenvalue weighted by molar-refractivity contribution is 0.00970. The van der Waals surface area contributed by atoms with Crippen molar-refractivity contribution in [3.8, 4) is 35.4 Å². The number of rotatable bonds is 10. The van der Waals surface area contributed by atoms with Crippen LogP contribution in [0.15, 0.2) is 24.3 Å². The molecule has 4 aliphatic rings. The van der Waals surface area contributed by atoms with Gasteiger partial charge in [-0.05, 0) is 102 Å². The summed E-state index contributed by atoms with van der Waals surface area (Å²) >= 11 is 0. The summed E-state index contributed by atoms with van der Waals surface area (Å²) in [5.41, 5.74) is 0.230. The number of aryl methyl sites for hydroxylation is 1. The molecule has 3 fully saturated rings. The number of carbonyl (C=O) groups is 1. The van der Waals surface area contributed by atoms with Crippen molar-refractivity contribution in [1.29, 1.82) is 0 Å². The molecule has 2 aromatic carbocycles. The van der Waals surface area contributed by atoms with Gasteiger partial charge in [0.2, 0.25) is 0 Å². The van der Waals surface area contributed by atoms with Gasteiger partial charge in [-0.3, -0.25) is 0 Å². The van der Waals surface area contributed by atoms with E-state index in [0.29, 0.717) is 72.4 Å². The molecule has 5 heterocycles. The van der Waals surface area contributed by atoms with Crippen molar-refractivity contribution in [1.82, 2.24) is 24.8 Å². The number of nitrogens with zero attached hydrogens (tertiary/aromatic N) is 6. The molecular formula is C46H58F2N6O5Si. The second-order valence-corrected chi connectivity index (χ2v) is 24.4. The minimum absolute atomic E-state index is 0.00428. The van der Waals surface area contributed by atoms with Crippen LogP contribution < -0.4 is 14.4 Å². The van der Waals surface area contributed by atoms with Crippen LogP contribution in [0.3, 0.4) is 0 Å². The van der Waals surface area contributed by atoms with Crippen LogP contribution in [0.5, 0.6) is 11.8 Å². The Morgan fingerprint density at radius 3 is 2.57 bits per heavy atom. The molecule has 0 spiro atoms. The number of fused-ring (bicyclic) bond motifs is 3. The fourth-order valence-corrected chi connectivity index (χ4v) is 11.6. The van der Waals surface area contributed by atoms with E-state index in [0.717, 1.165) is 32.5 Å². The van der Waals surface area contributed by atoms with E-state index in [9.17, 15) is 4.79 Å². The average molecular weight is 841 g/mol. The first-order valence-corrected chi connectivity index (χ1v) is 24.9. The summed E-state index contributed by atoms with van der Waals surface area (Å²) in [7, 11) is 0.340. The molecular weight excluding hydrogens is 783 g/mol. The summed E-state index contributed by atoms with van der Waals surface area (Å²) < 4.78 is 56.6. The number of methoxy groups -OCH3 is 1. The molecule has 0 unspecified atom stereocenters. The highest BCUT2D eigenvalue weighted by Crippen LogP contribution is 2.48. The van der Waals surface area contributed by atoms with E-state index in [1.807, 2.05) is 25.7 Å². The Bertz CT molecular complexity index is 2340. The molecule has 3 aliphatic heterocycles. The van der Waals surface area contributed by atoms with Gasteiger partial charge in [-0.25, -0.2) is 18.6 Å². The van der Waals surface area contributed by atoms with Crippen molar-refractivity contribution < 1.29 is 32.5 Å². The quantitative estimate of drug-likeness (QED) is 0.0875. The van der Waals surface area contributed by atoms with Crippen molar-refractivity contribution >= 4 is 41.7 Å². The Balaban J connectivity index is 1.24. The Morgan fingerprint density at radius 2 is 1.85 bits per heavy atom. The summed E-state index contributed by atoms with van der Waals surface area (Å²) in [5, 5.41) is 1.40. The van der Waals surface area contributed by atoms with Gasteiger partial charge in [0.25, 0.3) is 0 Å². The number of anilines is 1. The maximum absolute atomic E-state index is 17.7. The number of halogens is 2. The van der Waals surface area contributed by atoms with Gasteiger partial charge in [-0.15, -0.1) is 6.42 Å². The third-order valence-corrected chi connectivity index (χ3v) is 16.1. The fourth-order valence-electron chi connectivity index (χ4n) is 9.30. The normalized spacial score (nSPS) is 21.2. The SMILES string of the molecule is C#Cc1c(F)ccc2cc(OCOC)cc(-c3nc4c5c(nc(OCC6(CN7CCC[Si](C)(C)CC7)CC6)nc5c3F)N3C[C@@H](CC)N(C(=O)OC(C)(C)C)C[C@H]3CC4)c12. The molecule has 2 atom stereocenters. The zero-order chi connectivity index (χ0) is 42.6. The first-order valence-electron chi connectivity index (χ1n) is 21.5. The third kappa shape index (κ3) is 8.50. The van der Waals surface area contributed by atoms with Gasteiger partial charge in [0.05, 0.1) is 29.3 Å². The highest BCUT2D eigenvalue weighted by Gasteiger charge is 2.46. The minimum atomic E-state index is -1.17. The maximum Gasteiger partial charge on any atom is 0.410 e. The zero-order valence-corrected chi connectivity index (χ0v) is 37.1. The Kier molecular flexibility index (Phi) is 11.5. The lowest BCUT2D eigenvalue weighted by Crippen LogP contribution is -2.60. The van der Waals surface area contributed by atoms with Crippen molar-refractivity contribution in [2.24, 2.45) is 5.41 Å². The number of aromatic nitrogens is 3. The summed E-state index contributed by atoms with van der Waals surface area (Å²) in [5.74, 6) is 2.11. The molecule has 2 aromatic heterocycles. The average Bonchev–Trinajstić information content (AvgIpc) is 4.02. The van der Waals surface area contributed by atoms with Gasteiger partial charge in [0.15, 0.2) is 12.6 Å². The molecule has 0 radical (unpaired) electrons. The van der Waals surface area contributed by atoms with Crippen LogP contribution in [-0.4, -0.2) is 110 Å². The van der Waals surface area contributed by atoms with Gasteiger partial charge in [0.1, 0.15) is 34.2 Å². The number of terminal acetylenes is 1. The number of ether oxygens (including phenoxy) is 4. The maximum atomic E-state index is 17.7. The molecule has 1 saturated carbocycles. The van der Waals surface area contributed by atoms with Crippen LogP contribution in [0.4, 0.5) is 19.4 Å². The summed E-state index contributed by atoms with van der Waals surface area (Å²) in [6.45, 7) is 17.0. The lowest BCUT2D eigenvalue weighted by atomic mass is 9.95. The van der Waals surface area contributed by atoms with E-state index in [-0.39, 0.29) is 58.7 Å². The Labute approximate surface area is 353 Å². The van der Waals surface area contributed by atoms with Crippen LogP contribution in [0.1, 0.15) is 71.1 Å². The van der Waals surface area contributed by atoms with E-state index in [1.165, 1.54) is 31.7 Å². The Morgan fingerprint density at radius 1 is 1.05 bits per heavy atom. The van der Waals surface area contributed by atoms with Crippen LogP contribution in [0.2, 0.25) is 25.2 Å². The molecule has 1 amide bonds. The van der Waals surface area contributed by atoms with Gasteiger partial charge < -0.3 is 33.6 Å². The molecule has 0 N–H and O–H groups in total. The number of hydrogen-bond acceptors (Lipinski definition) is 10. The number of piperazine rings is 1. The van der Waals surface area contributed by atoms with E-state index < -0.39 is 25.3 Å². The predicted octanol–water partition coefficient (Wildman–Crippen LogP) is 8.81. The van der Waals surface area contributed by atoms with Crippen LogP contribution in [0.25, 0.3) is 32.9 Å². The molecule has 11 nitrogen and oxygen atoms in total. The largest absolute Gasteiger partial charge is 0.468 e. The number of benzene rings is 2. The molecule has 320 valence electrons. The van der Waals surface area contributed by atoms with Crippen molar-refractivity contribution in [2.75, 3.05) is 58.1 Å². The highest BCUT2D eigenvalue weighted by molar-refractivity contribution is 6.77. The summed E-state index contributed by atoms with van der Waals surface area (Å²) in [6.07, 6.45) is 10.6. The van der Waals surface area contributed by atoms with Gasteiger partial charge >= 0.3 is 12.1 Å². The number of hydrogen-bond donors (Lipinski definition) is 0. The van der Waals surface area contributed by atoms with Crippen molar-refractivity contribution in [3.63, 3.8) is 0 Å². The standard InChI is InChI=1S/C46H58F2N6O5Si/c1-9-30-24-53-31(25-54(30)44(55)59-45(3,4)5)13-15-36-38-41(50-43(51-42(38)53)57-27-46(16-17-46)26-52-18-11-20-60(7,8)21-19-52)39(48)40(49-36)34-23-32(58-28-56-6)22-29-12-14-35(47)33(10-2)37(29)34/h2,12,14,22-23,30-31H,9,11,13,15-21,24-28H2,1,3-8H3/t30-,31-/m1/s1. The minimum Gasteiger partial charge on any atom is -0.468 e. The molecule has 1 aliphatic carbocycles. The second kappa shape index (κ2) is 16.4. The van der Waals surface area contributed by atoms with Crippen LogP contribution >= 0.6 is 0 Å². The number of carbonyl (C=O) groups excluding carboxylic acids is 1. The first-order chi connectivity index (χ1) is 28.6. The van der Waals surface area contributed by atoms with Crippen molar-refractivity contribution in [2.45, 2.75) is 109 Å². The predicted molar refractivity (Wildman–Crippen MR) is 232 cm³/mol. The van der Waals surface area contributed by atoms with Crippen LogP contribution in [-0.2, 0) is 15.9 Å². The fraction of sp³-hybridized carbons (Fsp3) is 0.565. The van der Waals surface area contributed by atoms with Crippen molar-refractivity contribution in [3.05, 3.63) is 47.2 Å². The number of pyridine rings is 1.